The minimum atomic E-state index is -3.74. The lowest BCUT2D eigenvalue weighted by Gasteiger charge is -2.23. The second-order valence-corrected chi connectivity index (χ2v) is 7.25. The van der Waals surface area contributed by atoms with Gasteiger partial charge in [0.2, 0.25) is 15.9 Å². The van der Waals surface area contributed by atoms with Crippen LogP contribution in [0.3, 0.4) is 0 Å². The molecule has 0 bridgehead atoms. The zero-order valence-electron chi connectivity index (χ0n) is 14.0. The predicted molar refractivity (Wildman–Crippen MR) is 91.1 cm³/mol. The van der Waals surface area contributed by atoms with Gasteiger partial charge in [0.25, 0.3) is 0 Å². The van der Waals surface area contributed by atoms with E-state index in [9.17, 15) is 18.0 Å². The molecule has 0 saturated carbocycles. The molecule has 1 aromatic carbocycles. The molecule has 1 aromatic rings. The number of hydrogen-bond donors (Lipinski definition) is 1. The van der Waals surface area contributed by atoms with Gasteiger partial charge in [-0.05, 0) is 12.0 Å². The van der Waals surface area contributed by atoms with Crippen LogP contribution < -0.4 is 0 Å². The first-order valence-corrected chi connectivity index (χ1v) is 9.42. The molecule has 0 aliphatic carbocycles. The van der Waals surface area contributed by atoms with Gasteiger partial charge in [-0.15, -0.1) is 0 Å². The first kappa shape index (κ1) is 20.1. The summed E-state index contributed by atoms with van der Waals surface area (Å²) in [6.07, 6.45) is 0.463. The number of hydrogen-bond acceptors (Lipinski definition) is 4. The third-order valence-corrected chi connectivity index (χ3v) is 5.51. The summed E-state index contributed by atoms with van der Waals surface area (Å²) in [4.78, 5) is 24.4. The number of rotatable bonds is 10. The predicted octanol–water partition coefficient (Wildman–Crippen LogP) is 0.814. The van der Waals surface area contributed by atoms with Crippen molar-refractivity contribution in [2.45, 2.75) is 20.3 Å². The Labute approximate surface area is 142 Å². The van der Waals surface area contributed by atoms with E-state index in [0.29, 0.717) is 6.42 Å². The molecule has 0 saturated heterocycles. The van der Waals surface area contributed by atoms with Gasteiger partial charge >= 0.3 is 5.97 Å². The second kappa shape index (κ2) is 9.39. The molecule has 8 heteroatoms. The van der Waals surface area contributed by atoms with Crippen LogP contribution in [-0.2, 0) is 26.0 Å². The van der Waals surface area contributed by atoms with Gasteiger partial charge in [0.15, 0.2) is 0 Å². The summed E-state index contributed by atoms with van der Waals surface area (Å²) in [5, 5.41) is 8.98. The van der Waals surface area contributed by atoms with E-state index >= 15 is 0 Å². The third-order valence-electron chi connectivity index (χ3n) is 3.60. The molecule has 0 aliphatic heterocycles. The van der Waals surface area contributed by atoms with Gasteiger partial charge in [0.1, 0.15) is 12.3 Å². The van der Waals surface area contributed by atoms with Crippen molar-refractivity contribution in [3.8, 4) is 0 Å². The van der Waals surface area contributed by atoms with Gasteiger partial charge < -0.3 is 10.0 Å². The Morgan fingerprint density at radius 2 is 1.67 bits per heavy atom. The van der Waals surface area contributed by atoms with Gasteiger partial charge in [0.05, 0.1) is 0 Å². The minimum absolute atomic E-state index is 0.156. The fraction of sp³-hybridized carbons (Fsp3) is 0.500. The van der Waals surface area contributed by atoms with Gasteiger partial charge in [-0.3, -0.25) is 9.59 Å². The number of nitrogens with zero attached hydrogens (tertiary/aromatic N) is 2. The lowest BCUT2D eigenvalue weighted by atomic mass is 10.1. The number of carboxylic acids is 1. The van der Waals surface area contributed by atoms with Crippen LogP contribution in [0.15, 0.2) is 30.3 Å². The second-order valence-electron chi connectivity index (χ2n) is 5.29. The highest BCUT2D eigenvalue weighted by molar-refractivity contribution is 7.89. The fourth-order valence-corrected chi connectivity index (χ4v) is 3.78. The van der Waals surface area contributed by atoms with Gasteiger partial charge in [0, 0.05) is 19.6 Å². The number of carbonyl (C=O) groups is 2. The zero-order valence-corrected chi connectivity index (χ0v) is 14.8. The average Bonchev–Trinajstić information content (AvgIpc) is 2.52. The Kier molecular flexibility index (Phi) is 7.87. The van der Waals surface area contributed by atoms with Crippen LogP contribution in [0.25, 0.3) is 0 Å². The molecule has 1 N–H and O–H groups in total. The zero-order chi connectivity index (χ0) is 18.2. The van der Waals surface area contributed by atoms with E-state index in [4.69, 9.17) is 5.11 Å². The molecule has 0 atom stereocenters. The lowest BCUT2D eigenvalue weighted by molar-refractivity contribution is -0.143. The summed E-state index contributed by atoms with van der Waals surface area (Å²) in [6.45, 7) is 3.57. The molecule has 1 amide bonds. The largest absolute Gasteiger partial charge is 0.480 e. The van der Waals surface area contributed by atoms with Crippen LogP contribution in [0.1, 0.15) is 19.4 Å². The van der Waals surface area contributed by atoms with Crippen molar-refractivity contribution in [1.29, 1.82) is 0 Å². The Balaban J connectivity index is 2.79. The molecule has 0 aliphatic rings. The molecule has 0 spiro atoms. The summed E-state index contributed by atoms with van der Waals surface area (Å²) in [7, 11) is -3.74. The van der Waals surface area contributed by atoms with Gasteiger partial charge in [-0.2, -0.15) is 0 Å². The van der Waals surface area contributed by atoms with Crippen LogP contribution in [0.4, 0.5) is 0 Å². The number of benzene rings is 1. The number of sulfonamides is 1. The maximum Gasteiger partial charge on any atom is 0.323 e. The number of carbonyl (C=O) groups excluding carboxylic acids is 1. The van der Waals surface area contributed by atoms with E-state index in [2.05, 4.69) is 0 Å². The molecule has 0 aromatic heterocycles. The monoisotopic (exact) mass is 356 g/mol. The molecular weight excluding hydrogens is 332 g/mol. The van der Waals surface area contributed by atoms with E-state index < -0.39 is 34.2 Å². The molecule has 0 unspecified atom stereocenters. The van der Waals surface area contributed by atoms with Crippen molar-refractivity contribution in [1.82, 2.24) is 9.21 Å². The molecule has 134 valence electrons. The Bertz CT molecular complexity index is 642. The SMILES string of the molecule is CCN(CC)S(=O)(=O)CC(=O)N(CCc1ccccc1)CC(=O)O. The highest BCUT2D eigenvalue weighted by Crippen LogP contribution is 2.06. The molecular formula is C16H24N2O5S. The van der Waals surface area contributed by atoms with Crippen LogP contribution >= 0.6 is 0 Å². The van der Waals surface area contributed by atoms with Crippen molar-refractivity contribution in [3.63, 3.8) is 0 Å². The van der Waals surface area contributed by atoms with Crippen molar-refractivity contribution >= 4 is 21.9 Å². The van der Waals surface area contributed by atoms with Crippen molar-refractivity contribution in [2.24, 2.45) is 0 Å². The number of carboxylic acid groups (broad SMARTS) is 1. The van der Waals surface area contributed by atoms with Crippen LogP contribution in [0.5, 0.6) is 0 Å². The summed E-state index contributed by atoms with van der Waals surface area (Å²) in [5.41, 5.74) is 0.951. The van der Waals surface area contributed by atoms with Crippen molar-refractivity contribution in [2.75, 3.05) is 31.9 Å². The highest BCUT2D eigenvalue weighted by atomic mass is 32.2. The van der Waals surface area contributed by atoms with Gasteiger partial charge in [-0.1, -0.05) is 44.2 Å². The van der Waals surface area contributed by atoms with E-state index in [1.807, 2.05) is 30.3 Å². The minimum Gasteiger partial charge on any atom is -0.480 e. The van der Waals surface area contributed by atoms with E-state index in [1.165, 1.54) is 4.31 Å². The van der Waals surface area contributed by atoms with E-state index in [1.54, 1.807) is 13.8 Å². The summed E-state index contributed by atoms with van der Waals surface area (Å²) >= 11 is 0. The Morgan fingerprint density at radius 1 is 1.08 bits per heavy atom. The summed E-state index contributed by atoms with van der Waals surface area (Å²) in [6, 6.07) is 9.31. The number of aliphatic carboxylic acids is 1. The first-order chi connectivity index (χ1) is 11.3. The molecule has 0 fully saturated rings. The Morgan fingerprint density at radius 3 is 2.17 bits per heavy atom. The standard InChI is InChI=1S/C16H24N2O5S/c1-3-18(4-2)24(22,23)13-15(19)17(12-16(20)21)11-10-14-8-6-5-7-9-14/h5-9H,3-4,10-13H2,1-2H3,(H,20,21). The smallest absolute Gasteiger partial charge is 0.323 e. The van der Waals surface area contributed by atoms with Crippen LogP contribution in [0, 0.1) is 0 Å². The lowest BCUT2D eigenvalue weighted by Crippen LogP contribution is -2.44. The number of amides is 1. The fourth-order valence-electron chi connectivity index (χ4n) is 2.32. The average molecular weight is 356 g/mol. The molecule has 24 heavy (non-hydrogen) atoms. The highest BCUT2D eigenvalue weighted by Gasteiger charge is 2.27. The molecule has 0 heterocycles. The van der Waals surface area contributed by atoms with Gasteiger partial charge in [-0.25, -0.2) is 12.7 Å². The summed E-state index contributed by atoms with van der Waals surface area (Å²) < 4.78 is 25.6. The maximum atomic E-state index is 12.3. The normalized spacial score (nSPS) is 11.5. The van der Waals surface area contributed by atoms with E-state index in [0.717, 1.165) is 10.5 Å². The van der Waals surface area contributed by atoms with Crippen LogP contribution in [0.2, 0.25) is 0 Å². The van der Waals surface area contributed by atoms with Crippen LogP contribution in [-0.4, -0.2) is 66.5 Å². The van der Waals surface area contributed by atoms with E-state index in [-0.39, 0.29) is 19.6 Å². The maximum absolute atomic E-state index is 12.3. The molecule has 0 radical (unpaired) electrons. The van der Waals surface area contributed by atoms with Crippen molar-refractivity contribution < 1.29 is 23.1 Å². The molecule has 1 rings (SSSR count). The third kappa shape index (κ3) is 6.29. The molecule has 7 nitrogen and oxygen atoms in total. The topological polar surface area (TPSA) is 95.0 Å². The first-order valence-electron chi connectivity index (χ1n) is 7.81. The van der Waals surface area contributed by atoms with Crippen molar-refractivity contribution in [3.05, 3.63) is 35.9 Å². The quantitative estimate of drug-likeness (QED) is 0.669. The summed E-state index contributed by atoms with van der Waals surface area (Å²) in [5.74, 6) is -2.58. The Hall–Kier alpha value is -1.93.